The number of para-hydroxylation sites is 1. The molecule has 2 aromatic rings. The van der Waals surface area contributed by atoms with Crippen LogP contribution in [0.25, 0.3) is 10.2 Å². The van der Waals surface area contributed by atoms with Gasteiger partial charge in [0.25, 0.3) is 5.91 Å². The van der Waals surface area contributed by atoms with E-state index in [1.807, 2.05) is 25.2 Å². The Balaban J connectivity index is 1.81. The van der Waals surface area contributed by atoms with Crippen LogP contribution in [0.3, 0.4) is 0 Å². The number of nitrogens with zero attached hydrogens (tertiary/aromatic N) is 1. The smallest absolute Gasteiger partial charge is 0.305 e. The summed E-state index contributed by atoms with van der Waals surface area (Å²) in [5.74, 6) is -0.276. The first-order chi connectivity index (χ1) is 11.5. The van der Waals surface area contributed by atoms with Gasteiger partial charge in [0, 0.05) is 13.0 Å². The molecule has 1 aromatic heterocycles. The van der Waals surface area contributed by atoms with E-state index in [0.29, 0.717) is 25.9 Å². The first kappa shape index (κ1) is 18.4. The Morgan fingerprint density at radius 1 is 1.38 bits per heavy atom. The zero-order valence-corrected chi connectivity index (χ0v) is 15.1. The molecule has 2 atom stereocenters. The van der Waals surface area contributed by atoms with Crippen molar-refractivity contribution in [1.29, 1.82) is 0 Å². The molecule has 6 nitrogen and oxygen atoms in total. The van der Waals surface area contributed by atoms with Gasteiger partial charge in [0.2, 0.25) is 0 Å². The molecular formula is C17H24N3O3S+. The van der Waals surface area contributed by atoms with Gasteiger partial charge in [0.1, 0.15) is 6.04 Å². The Labute approximate surface area is 145 Å². The van der Waals surface area contributed by atoms with Crippen LogP contribution in [0.5, 0.6) is 0 Å². The fourth-order valence-corrected chi connectivity index (χ4v) is 3.43. The highest BCUT2D eigenvalue weighted by Gasteiger charge is 2.21. The van der Waals surface area contributed by atoms with Crippen molar-refractivity contribution in [2.24, 2.45) is 0 Å². The molecule has 0 saturated heterocycles. The number of nitrogens with one attached hydrogen (secondary N) is 2. The van der Waals surface area contributed by atoms with Gasteiger partial charge in [-0.1, -0.05) is 12.1 Å². The number of likely N-dealkylation sites (N-methyl/N-ethyl adjacent to an activating group) is 1. The van der Waals surface area contributed by atoms with Gasteiger partial charge in [-0.15, -0.1) is 11.3 Å². The standard InChI is InChI=1S/C17H23N3O3S/c1-12(17-19-13-7-4-5-8-14(13)24-17)20(2)11-15(21)18-10-6-9-16(22)23-3/h4-5,7-8,12H,6,9-11H2,1-3H3,(H,18,21)/p+1/t12-/m1/s1. The number of benzene rings is 1. The van der Waals surface area contributed by atoms with Crippen molar-refractivity contribution in [2.75, 3.05) is 27.2 Å². The number of quaternary nitrogens is 1. The third kappa shape index (κ3) is 5.01. The van der Waals surface area contributed by atoms with Gasteiger partial charge in [-0.2, -0.15) is 0 Å². The summed E-state index contributed by atoms with van der Waals surface area (Å²) in [5, 5.41) is 3.88. The summed E-state index contributed by atoms with van der Waals surface area (Å²) in [5.41, 5.74) is 1.00. The zero-order valence-electron chi connectivity index (χ0n) is 14.3. The summed E-state index contributed by atoms with van der Waals surface area (Å²) < 4.78 is 5.73. The number of thiazole rings is 1. The zero-order chi connectivity index (χ0) is 17.5. The topological polar surface area (TPSA) is 72.7 Å². The second kappa shape index (κ2) is 8.75. The lowest BCUT2D eigenvalue weighted by atomic mass is 10.3. The number of amides is 1. The van der Waals surface area contributed by atoms with Gasteiger partial charge in [-0.3, -0.25) is 9.59 Å². The van der Waals surface area contributed by atoms with E-state index in [1.165, 1.54) is 11.8 Å². The average Bonchev–Trinajstić information content (AvgIpc) is 3.01. The van der Waals surface area contributed by atoms with Crippen molar-refractivity contribution < 1.29 is 19.2 Å². The summed E-state index contributed by atoms with van der Waals surface area (Å²) in [4.78, 5) is 28.8. The molecule has 0 spiro atoms. The molecule has 0 aliphatic rings. The largest absolute Gasteiger partial charge is 0.469 e. The van der Waals surface area contributed by atoms with Crippen LogP contribution in [0.2, 0.25) is 0 Å². The molecule has 2 rings (SSSR count). The fourth-order valence-electron chi connectivity index (χ4n) is 2.32. The lowest BCUT2D eigenvalue weighted by Crippen LogP contribution is -3.10. The maximum absolute atomic E-state index is 12.0. The quantitative estimate of drug-likeness (QED) is 0.549. The number of carbonyl (C=O) groups excluding carboxylic acids is 2. The molecule has 24 heavy (non-hydrogen) atoms. The summed E-state index contributed by atoms with van der Waals surface area (Å²) in [6, 6.07) is 8.20. The normalized spacial score (nSPS) is 13.5. The molecule has 0 aliphatic heterocycles. The molecule has 0 radical (unpaired) electrons. The van der Waals surface area contributed by atoms with Crippen molar-refractivity contribution >= 4 is 33.4 Å². The second-order valence-electron chi connectivity index (χ2n) is 5.79. The van der Waals surface area contributed by atoms with Gasteiger partial charge >= 0.3 is 5.97 Å². The molecule has 0 saturated carbocycles. The molecule has 1 heterocycles. The molecule has 0 bridgehead atoms. The number of esters is 1. The first-order valence-electron chi connectivity index (χ1n) is 8.02. The Bertz CT molecular complexity index is 668. The lowest BCUT2D eigenvalue weighted by molar-refractivity contribution is -0.902. The highest BCUT2D eigenvalue weighted by atomic mass is 32.1. The van der Waals surface area contributed by atoms with Gasteiger partial charge < -0.3 is 15.0 Å². The third-order valence-corrected chi connectivity index (χ3v) is 5.19. The van der Waals surface area contributed by atoms with E-state index in [0.717, 1.165) is 15.4 Å². The molecule has 2 N–H and O–H groups in total. The maximum atomic E-state index is 12.0. The van der Waals surface area contributed by atoms with E-state index in [-0.39, 0.29) is 17.9 Å². The van der Waals surface area contributed by atoms with Crippen LogP contribution in [0.15, 0.2) is 24.3 Å². The number of ether oxygens (including phenoxy) is 1. The Hall–Kier alpha value is -1.99. The predicted molar refractivity (Wildman–Crippen MR) is 94.0 cm³/mol. The van der Waals surface area contributed by atoms with Crippen molar-refractivity contribution in [1.82, 2.24) is 10.3 Å². The Morgan fingerprint density at radius 2 is 2.12 bits per heavy atom. The van der Waals surface area contributed by atoms with Gasteiger partial charge in [0.05, 0.1) is 24.4 Å². The van der Waals surface area contributed by atoms with Gasteiger partial charge in [-0.05, 0) is 25.5 Å². The maximum Gasteiger partial charge on any atom is 0.305 e. The van der Waals surface area contributed by atoms with Gasteiger partial charge in [0.15, 0.2) is 11.6 Å². The first-order valence-corrected chi connectivity index (χ1v) is 8.84. The number of fused-ring (bicyclic) bond motifs is 1. The van der Waals surface area contributed by atoms with Crippen LogP contribution >= 0.6 is 11.3 Å². The summed E-state index contributed by atoms with van der Waals surface area (Å²) in [6.07, 6.45) is 0.909. The number of hydrogen-bond donors (Lipinski definition) is 2. The van der Waals surface area contributed by atoms with Crippen LogP contribution in [0.1, 0.15) is 30.8 Å². The van der Waals surface area contributed by atoms with Crippen LogP contribution < -0.4 is 10.2 Å². The monoisotopic (exact) mass is 350 g/mol. The Morgan fingerprint density at radius 3 is 2.83 bits per heavy atom. The van der Waals surface area contributed by atoms with Crippen LogP contribution in [0.4, 0.5) is 0 Å². The molecule has 1 amide bonds. The summed E-state index contributed by atoms with van der Waals surface area (Å²) in [7, 11) is 3.35. The highest BCUT2D eigenvalue weighted by Crippen LogP contribution is 2.24. The summed E-state index contributed by atoms with van der Waals surface area (Å²) >= 11 is 1.67. The van der Waals surface area contributed by atoms with E-state index >= 15 is 0 Å². The van der Waals surface area contributed by atoms with Crippen LogP contribution in [-0.4, -0.2) is 44.1 Å². The van der Waals surface area contributed by atoms with E-state index in [1.54, 1.807) is 11.3 Å². The van der Waals surface area contributed by atoms with Crippen molar-refractivity contribution in [3.8, 4) is 0 Å². The SMILES string of the molecule is COC(=O)CCCNC(=O)C[NH+](C)[C@H](C)c1nc2ccccc2s1. The van der Waals surface area contributed by atoms with E-state index in [2.05, 4.69) is 28.0 Å². The van der Waals surface area contributed by atoms with Crippen molar-refractivity contribution in [2.45, 2.75) is 25.8 Å². The minimum absolute atomic E-state index is 0.0228. The molecule has 130 valence electrons. The lowest BCUT2D eigenvalue weighted by Gasteiger charge is -2.19. The molecule has 7 heteroatoms. The van der Waals surface area contributed by atoms with Crippen LogP contribution in [-0.2, 0) is 14.3 Å². The second-order valence-corrected chi connectivity index (χ2v) is 6.86. The molecule has 0 aliphatic carbocycles. The minimum Gasteiger partial charge on any atom is -0.469 e. The minimum atomic E-state index is -0.253. The van der Waals surface area contributed by atoms with Crippen molar-refractivity contribution in [3.05, 3.63) is 29.3 Å². The Kier molecular flexibility index (Phi) is 6.69. The van der Waals surface area contributed by atoms with E-state index in [4.69, 9.17) is 0 Å². The van der Waals surface area contributed by atoms with Crippen molar-refractivity contribution in [3.63, 3.8) is 0 Å². The fraction of sp³-hybridized carbons (Fsp3) is 0.471. The molecule has 0 fully saturated rings. The number of carbonyl (C=O) groups is 2. The number of aromatic nitrogens is 1. The number of hydrogen-bond acceptors (Lipinski definition) is 5. The van der Waals surface area contributed by atoms with Crippen LogP contribution in [0, 0.1) is 0 Å². The molecular weight excluding hydrogens is 326 g/mol. The highest BCUT2D eigenvalue weighted by molar-refractivity contribution is 7.18. The number of rotatable bonds is 8. The molecule has 1 unspecified atom stereocenters. The summed E-state index contributed by atoms with van der Waals surface area (Å²) in [6.45, 7) is 2.93. The third-order valence-electron chi connectivity index (χ3n) is 3.97. The van der Waals surface area contributed by atoms with E-state index < -0.39 is 0 Å². The average molecular weight is 350 g/mol. The predicted octanol–water partition coefficient (Wildman–Crippen LogP) is 0.941. The van der Waals surface area contributed by atoms with E-state index in [9.17, 15) is 9.59 Å². The molecule has 1 aromatic carbocycles. The van der Waals surface area contributed by atoms with Gasteiger partial charge in [-0.25, -0.2) is 4.98 Å². The number of methoxy groups -OCH3 is 1.